The van der Waals surface area contributed by atoms with E-state index in [9.17, 15) is 21.6 Å². The van der Waals surface area contributed by atoms with Crippen molar-refractivity contribution in [2.45, 2.75) is 49.5 Å². The molecule has 2 unspecified atom stereocenters. The fourth-order valence-corrected chi connectivity index (χ4v) is 3.52. The van der Waals surface area contributed by atoms with Crippen molar-refractivity contribution in [3.63, 3.8) is 0 Å². The molecule has 0 amide bonds. The van der Waals surface area contributed by atoms with Gasteiger partial charge in [-0.3, -0.25) is 4.68 Å². The molecular weight excluding hydrogens is 345 g/mol. The number of halogens is 4. The zero-order chi connectivity index (χ0) is 15.7. The quantitative estimate of drug-likeness (QED) is 0.846. The SMILES string of the molecule is CC1CC(NS(=O)(=O)c2cnn(CC(F)(F)F)c2)CCN1.Cl. The Kier molecular flexibility index (Phi) is 6.25. The second-order valence-corrected chi connectivity index (χ2v) is 6.90. The van der Waals surface area contributed by atoms with Gasteiger partial charge in [0, 0.05) is 18.3 Å². The van der Waals surface area contributed by atoms with Gasteiger partial charge in [-0.25, -0.2) is 13.1 Å². The Hall–Kier alpha value is -0.840. The van der Waals surface area contributed by atoms with Gasteiger partial charge < -0.3 is 5.32 Å². The highest BCUT2D eigenvalue weighted by Crippen LogP contribution is 2.19. The number of hydrogen-bond acceptors (Lipinski definition) is 4. The second-order valence-electron chi connectivity index (χ2n) is 5.19. The molecule has 0 spiro atoms. The molecule has 22 heavy (non-hydrogen) atoms. The minimum absolute atomic E-state index is 0. The molecule has 1 aromatic heterocycles. The van der Waals surface area contributed by atoms with Crippen LogP contribution in [0.1, 0.15) is 19.8 Å². The third kappa shape index (κ3) is 5.41. The van der Waals surface area contributed by atoms with Crippen molar-refractivity contribution in [1.29, 1.82) is 0 Å². The fourth-order valence-electron chi connectivity index (χ4n) is 2.28. The first-order valence-electron chi connectivity index (χ1n) is 6.51. The highest BCUT2D eigenvalue weighted by atomic mass is 35.5. The standard InChI is InChI=1S/C11H17F3N4O2S.ClH/c1-8-4-9(2-3-15-8)17-21(19,20)10-5-16-18(6-10)7-11(12,13)14;/h5-6,8-9,15,17H,2-4,7H2,1H3;1H. The highest BCUT2D eigenvalue weighted by molar-refractivity contribution is 7.89. The number of rotatable bonds is 4. The van der Waals surface area contributed by atoms with Crippen molar-refractivity contribution in [3.05, 3.63) is 12.4 Å². The minimum atomic E-state index is -4.44. The molecule has 0 aromatic carbocycles. The number of nitrogens with one attached hydrogen (secondary N) is 2. The van der Waals surface area contributed by atoms with Gasteiger partial charge in [-0.1, -0.05) is 0 Å². The van der Waals surface area contributed by atoms with E-state index >= 15 is 0 Å². The lowest BCUT2D eigenvalue weighted by Crippen LogP contribution is -2.46. The topological polar surface area (TPSA) is 76.0 Å². The van der Waals surface area contributed by atoms with E-state index in [1.165, 1.54) is 0 Å². The van der Waals surface area contributed by atoms with Crippen molar-refractivity contribution in [1.82, 2.24) is 19.8 Å². The molecule has 1 aliphatic heterocycles. The molecule has 1 saturated heterocycles. The van der Waals surface area contributed by atoms with E-state index in [-0.39, 0.29) is 29.4 Å². The predicted molar refractivity (Wildman–Crippen MR) is 76.3 cm³/mol. The van der Waals surface area contributed by atoms with Crippen molar-refractivity contribution < 1.29 is 21.6 Å². The van der Waals surface area contributed by atoms with Crippen LogP contribution in [0.4, 0.5) is 13.2 Å². The minimum Gasteiger partial charge on any atom is -0.314 e. The Labute approximate surface area is 132 Å². The Bertz CT molecular complexity index is 590. The van der Waals surface area contributed by atoms with Crippen LogP contribution in [0.3, 0.4) is 0 Å². The van der Waals surface area contributed by atoms with Crippen molar-refractivity contribution >= 4 is 22.4 Å². The summed E-state index contributed by atoms with van der Waals surface area (Å²) in [5, 5.41) is 6.63. The number of alkyl halides is 3. The van der Waals surface area contributed by atoms with Gasteiger partial charge in [0.05, 0.1) is 6.20 Å². The van der Waals surface area contributed by atoms with Gasteiger partial charge in [-0.05, 0) is 26.3 Å². The van der Waals surface area contributed by atoms with Crippen LogP contribution in [0.25, 0.3) is 0 Å². The molecule has 1 aromatic rings. The molecule has 2 heterocycles. The molecule has 2 N–H and O–H groups in total. The summed E-state index contributed by atoms with van der Waals surface area (Å²) in [4.78, 5) is -0.252. The largest absolute Gasteiger partial charge is 0.408 e. The molecule has 0 radical (unpaired) electrons. The zero-order valence-electron chi connectivity index (χ0n) is 11.8. The highest BCUT2D eigenvalue weighted by Gasteiger charge is 2.30. The maximum Gasteiger partial charge on any atom is 0.408 e. The van der Waals surface area contributed by atoms with Crippen molar-refractivity contribution in [3.8, 4) is 0 Å². The van der Waals surface area contributed by atoms with Gasteiger partial charge in [-0.15, -0.1) is 12.4 Å². The predicted octanol–water partition coefficient (Wildman–Crippen LogP) is 1.29. The molecule has 0 saturated carbocycles. The molecule has 0 aliphatic carbocycles. The van der Waals surface area contributed by atoms with Crippen LogP contribution in [0.15, 0.2) is 17.3 Å². The number of aromatic nitrogens is 2. The van der Waals surface area contributed by atoms with Gasteiger partial charge in [0.1, 0.15) is 11.4 Å². The molecule has 1 aliphatic rings. The van der Waals surface area contributed by atoms with Crippen LogP contribution in [0, 0.1) is 0 Å². The third-order valence-electron chi connectivity index (χ3n) is 3.21. The summed E-state index contributed by atoms with van der Waals surface area (Å²) in [6.45, 7) is 1.33. The van der Waals surface area contributed by atoms with Gasteiger partial charge in [-0.2, -0.15) is 18.3 Å². The van der Waals surface area contributed by atoms with E-state index in [4.69, 9.17) is 0 Å². The number of sulfonamides is 1. The van der Waals surface area contributed by atoms with Crippen LogP contribution in [0.5, 0.6) is 0 Å². The van der Waals surface area contributed by atoms with Crippen LogP contribution < -0.4 is 10.0 Å². The molecule has 128 valence electrons. The monoisotopic (exact) mass is 362 g/mol. The molecule has 6 nitrogen and oxygen atoms in total. The second kappa shape index (κ2) is 7.16. The van der Waals surface area contributed by atoms with Gasteiger partial charge in [0.15, 0.2) is 0 Å². The molecule has 2 rings (SSSR count). The van der Waals surface area contributed by atoms with Crippen LogP contribution in [-0.2, 0) is 16.6 Å². The molecule has 0 bridgehead atoms. The van der Waals surface area contributed by atoms with E-state index in [2.05, 4.69) is 15.1 Å². The van der Waals surface area contributed by atoms with Gasteiger partial charge in [0.2, 0.25) is 10.0 Å². The summed E-state index contributed by atoms with van der Waals surface area (Å²) in [6, 6.07) is -0.0309. The lowest BCUT2D eigenvalue weighted by atomic mass is 10.0. The van der Waals surface area contributed by atoms with E-state index in [0.717, 1.165) is 12.4 Å². The Balaban J connectivity index is 0.00000242. The molecule has 11 heteroatoms. The lowest BCUT2D eigenvalue weighted by Gasteiger charge is -2.28. The lowest BCUT2D eigenvalue weighted by molar-refractivity contribution is -0.142. The number of piperidine rings is 1. The van der Waals surface area contributed by atoms with Gasteiger partial charge in [0.25, 0.3) is 0 Å². The first-order chi connectivity index (χ1) is 9.66. The van der Waals surface area contributed by atoms with Gasteiger partial charge >= 0.3 is 6.18 Å². The molecular formula is C11H18ClF3N4O2S. The summed E-state index contributed by atoms with van der Waals surface area (Å²) >= 11 is 0. The van der Waals surface area contributed by atoms with Crippen molar-refractivity contribution in [2.75, 3.05) is 6.54 Å². The van der Waals surface area contributed by atoms with Crippen LogP contribution >= 0.6 is 12.4 Å². The van der Waals surface area contributed by atoms with Crippen LogP contribution in [0.2, 0.25) is 0 Å². The number of hydrogen-bond donors (Lipinski definition) is 2. The summed E-state index contributed by atoms with van der Waals surface area (Å²) in [5.74, 6) is 0. The first kappa shape index (κ1) is 19.2. The van der Waals surface area contributed by atoms with Crippen molar-refractivity contribution in [2.24, 2.45) is 0 Å². The Morgan fingerprint density at radius 2 is 2.18 bits per heavy atom. The summed E-state index contributed by atoms with van der Waals surface area (Å²) in [7, 11) is -3.85. The molecule has 1 fully saturated rings. The maximum absolute atomic E-state index is 12.2. The molecule has 2 atom stereocenters. The summed E-state index contributed by atoms with van der Waals surface area (Å²) in [6.07, 6.45) is -1.35. The number of nitrogens with zero attached hydrogens (tertiary/aromatic N) is 2. The summed E-state index contributed by atoms with van der Waals surface area (Å²) < 4.78 is 64.0. The van der Waals surface area contributed by atoms with E-state index < -0.39 is 22.7 Å². The van der Waals surface area contributed by atoms with E-state index in [0.29, 0.717) is 24.1 Å². The average molecular weight is 363 g/mol. The maximum atomic E-state index is 12.2. The Morgan fingerprint density at radius 1 is 1.50 bits per heavy atom. The third-order valence-corrected chi connectivity index (χ3v) is 4.68. The smallest absolute Gasteiger partial charge is 0.314 e. The average Bonchev–Trinajstić information content (AvgIpc) is 2.75. The zero-order valence-corrected chi connectivity index (χ0v) is 13.4. The van der Waals surface area contributed by atoms with Crippen LogP contribution in [-0.4, -0.2) is 43.0 Å². The van der Waals surface area contributed by atoms with E-state index in [1.54, 1.807) is 0 Å². The van der Waals surface area contributed by atoms with E-state index in [1.807, 2.05) is 6.92 Å². The summed E-state index contributed by atoms with van der Waals surface area (Å²) in [5.41, 5.74) is 0. The first-order valence-corrected chi connectivity index (χ1v) is 7.99. The fraction of sp³-hybridized carbons (Fsp3) is 0.727. The normalized spacial score (nSPS) is 23.1. The Morgan fingerprint density at radius 3 is 2.77 bits per heavy atom.